The molecule has 6 nitrogen and oxygen atoms in total. The molecule has 1 unspecified atom stereocenters. The predicted octanol–water partition coefficient (Wildman–Crippen LogP) is 2.67. The molecule has 0 saturated carbocycles. The van der Waals surface area contributed by atoms with Gasteiger partial charge in [-0.15, -0.1) is 0 Å². The van der Waals surface area contributed by atoms with Crippen molar-refractivity contribution in [3.8, 4) is 0 Å². The fourth-order valence-electron chi connectivity index (χ4n) is 4.60. The minimum Gasteiger partial charge on any atom is -0.385 e. The van der Waals surface area contributed by atoms with Gasteiger partial charge in [-0.1, -0.05) is 24.3 Å². The molecule has 0 aromatic heterocycles. The van der Waals surface area contributed by atoms with Crippen LogP contribution in [-0.2, 0) is 15.2 Å². The van der Waals surface area contributed by atoms with Crippen molar-refractivity contribution in [2.24, 2.45) is 4.99 Å². The third kappa shape index (κ3) is 3.31. The summed E-state index contributed by atoms with van der Waals surface area (Å²) in [6.07, 6.45) is 6.59. The number of aliphatic imine (C=N–C) groups is 1. The SMILES string of the molecule is CC1=CC2=NC(=O)CC(C)(C(=O)N3CCC(O)(c4ccccc4C)CC3)N2C=C1. The molecule has 3 aliphatic rings. The molecule has 0 bridgehead atoms. The van der Waals surface area contributed by atoms with Crippen molar-refractivity contribution in [2.45, 2.75) is 51.2 Å². The van der Waals surface area contributed by atoms with Gasteiger partial charge >= 0.3 is 0 Å². The van der Waals surface area contributed by atoms with E-state index in [4.69, 9.17) is 0 Å². The number of amidine groups is 1. The van der Waals surface area contributed by atoms with E-state index >= 15 is 0 Å². The van der Waals surface area contributed by atoms with Crippen LogP contribution in [-0.4, -0.2) is 51.2 Å². The molecule has 0 spiro atoms. The fraction of sp³-hybridized carbons (Fsp3) is 0.435. The maximum atomic E-state index is 13.5. The Bertz CT molecular complexity index is 954. The molecule has 2 amide bonds. The number of hydrogen-bond donors (Lipinski definition) is 1. The molecule has 29 heavy (non-hydrogen) atoms. The molecule has 1 fully saturated rings. The Balaban J connectivity index is 1.54. The van der Waals surface area contributed by atoms with E-state index in [0.29, 0.717) is 31.8 Å². The summed E-state index contributed by atoms with van der Waals surface area (Å²) < 4.78 is 0. The van der Waals surface area contributed by atoms with E-state index in [9.17, 15) is 14.7 Å². The number of carbonyl (C=O) groups excluding carboxylic acids is 2. The number of amides is 2. The third-order valence-electron chi connectivity index (χ3n) is 6.34. The molecular weight excluding hydrogens is 366 g/mol. The van der Waals surface area contributed by atoms with Gasteiger partial charge in [0, 0.05) is 19.3 Å². The second kappa shape index (κ2) is 6.95. The second-order valence-corrected chi connectivity index (χ2v) is 8.53. The molecular formula is C23H27N3O3. The van der Waals surface area contributed by atoms with E-state index in [1.807, 2.05) is 68.3 Å². The number of aliphatic hydroxyl groups is 1. The zero-order valence-electron chi connectivity index (χ0n) is 17.2. The van der Waals surface area contributed by atoms with Crippen LogP contribution in [0.15, 0.2) is 53.2 Å². The average molecular weight is 393 g/mol. The van der Waals surface area contributed by atoms with Crippen LogP contribution in [0.3, 0.4) is 0 Å². The minimum absolute atomic E-state index is 0.0467. The Kier molecular flexibility index (Phi) is 4.69. The van der Waals surface area contributed by atoms with Gasteiger partial charge in [-0.05, 0) is 62.5 Å². The van der Waals surface area contributed by atoms with Crippen LogP contribution in [0.4, 0.5) is 0 Å². The zero-order valence-corrected chi connectivity index (χ0v) is 17.2. The Hall–Kier alpha value is -2.73. The van der Waals surface area contributed by atoms with Crippen LogP contribution in [0.2, 0.25) is 0 Å². The number of likely N-dealkylation sites (tertiary alicyclic amines) is 1. The monoisotopic (exact) mass is 393 g/mol. The Morgan fingerprint density at radius 3 is 2.55 bits per heavy atom. The first-order chi connectivity index (χ1) is 13.7. The molecule has 1 aromatic rings. The van der Waals surface area contributed by atoms with Crippen molar-refractivity contribution in [1.29, 1.82) is 0 Å². The highest BCUT2D eigenvalue weighted by Crippen LogP contribution is 2.37. The summed E-state index contributed by atoms with van der Waals surface area (Å²) in [6.45, 7) is 6.64. The lowest BCUT2D eigenvalue weighted by atomic mass is 9.81. The van der Waals surface area contributed by atoms with Gasteiger partial charge in [0.1, 0.15) is 11.4 Å². The number of rotatable bonds is 2. The van der Waals surface area contributed by atoms with Gasteiger partial charge in [0.2, 0.25) is 5.91 Å². The zero-order chi connectivity index (χ0) is 20.8. The van der Waals surface area contributed by atoms with Crippen LogP contribution >= 0.6 is 0 Å². The molecule has 6 heteroatoms. The second-order valence-electron chi connectivity index (χ2n) is 8.53. The number of aryl methyl sites for hydroxylation is 1. The number of fused-ring (bicyclic) bond motifs is 1. The molecule has 3 aliphatic heterocycles. The summed E-state index contributed by atoms with van der Waals surface area (Å²) in [7, 11) is 0. The predicted molar refractivity (Wildman–Crippen MR) is 111 cm³/mol. The molecule has 1 atom stereocenters. The van der Waals surface area contributed by atoms with Gasteiger partial charge in [0.25, 0.3) is 5.91 Å². The van der Waals surface area contributed by atoms with Gasteiger partial charge in [0.05, 0.1) is 12.0 Å². The molecule has 1 saturated heterocycles. The number of benzene rings is 1. The summed E-state index contributed by atoms with van der Waals surface area (Å²) in [5.41, 5.74) is 1.05. The Labute approximate surface area is 171 Å². The standard InChI is InChI=1S/C23H27N3O3/c1-16-8-11-26-19(14-16)24-20(27)15-22(26,3)21(28)25-12-9-23(29,10-13-25)18-7-5-4-6-17(18)2/h4-8,11,14,29H,9-10,12-13,15H2,1-3H3. The highest BCUT2D eigenvalue weighted by molar-refractivity contribution is 6.09. The minimum atomic E-state index is -1.00. The Morgan fingerprint density at radius 2 is 1.86 bits per heavy atom. The number of hydrogen-bond acceptors (Lipinski definition) is 4. The van der Waals surface area contributed by atoms with Crippen LogP contribution < -0.4 is 0 Å². The molecule has 1 N–H and O–H groups in total. The summed E-state index contributed by atoms with van der Waals surface area (Å²) in [5.74, 6) is 0.146. The van der Waals surface area contributed by atoms with E-state index < -0.39 is 11.1 Å². The van der Waals surface area contributed by atoms with Crippen LogP contribution in [0.1, 0.15) is 44.2 Å². The Morgan fingerprint density at radius 1 is 1.17 bits per heavy atom. The lowest BCUT2D eigenvalue weighted by Crippen LogP contribution is -2.62. The van der Waals surface area contributed by atoms with E-state index in [2.05, 4.69) is 4.99 Å². The lowest BCUT2D eigenvalue weighted by molar-refractivity contribution is -0.147. The smallest absolute Gasteiger partial charge is 0.250 e. The van der Waals surface area contributed by atoms with Gasteiger partial charge in [0.15, 0.2) is 0 Å². The van der Waals surface area contributed by atoms with E-state index in [0.717, 1.165) is 16.7 Å². The quantitative estimate of drug-likeness (QED) is 0.838. The van der Waals surface area contributed by atoms with Crippen LogP contribution in [0, 0.1) is 6.92 Å². The maximum absolute atomic E-state index is 13.5. The van der Waals surface area contributed by atoms with Crippen molar-refractivity contribution in [2.75, 3.05) is 13.1 Å². The van der Waals surface area contributed by atoms with Crippen molar-refractivity contribution >= 4 is 17.6 Å². The number of carbonyl (C=O) groups is 2. The molecule has 1 aromatic carbocycles. The van der Waals surface area contributed by atoms with Crippen molar-refractivity contribution in [1.82, 2.24) is 9.80 Å². The summed E-state index contributed by atoms with van der Waals surface area (Å²) in [5, 5.41) is 11.2. The summed E-state index contributed by atoms with van der Waals surface area (Å²) in [4.78, 5) is 33.5. The van der Waals surface area contributed by atoms with Gasteiger partial charge < -0.3 is 14.9 Å². The van der Waals surface area contributed by atoms with E-state index in [1.54, 1.807) is 4.90 Å². The maximum Gasteiger partial charge on any atom is 0.250 e. The van der Waals surface area contributed by atoms with E-state index in [1.165, 1.54) is 0 Å². The first kappa shape index (κ1) is 19.6. The van der Waals surface area contributed by atoms with Crippen molar-refractivity contribution in [3.63, 3.8) is 0 Å². The molecule has 0 radical (unpaired) electrons. The molecule has 152 valence electrons. The summed E-state index contributed by atoms with van der Waals surface area (Å²) >= 11 is 0. The number of allylic oxidation sites excluding steroid dienone is 2. The number of nitrogens with zero attached hydrogens (tertiary/aromatic N) is 3. The first-order valence-corrected chi connectivity index (χ1v) is 10.1. The highest BCUT2D eigenvalue weighted by Gasteiger charge is 2.48. The van der Waals surface area contributed by atoms with Crippen LogP contribution in [0.25, 0.3) is 0 Å². The van der Waals surface area contributed by atoms with Crippen molar-refractivity contribution in [3.05, 3.63) is 59.3 Å². The normalized spacial score (nSPS) is 26.0. The number of piperidine rings is 1. The van der Waals surface area contributed by atoms with Gasteiger partial charge in [-0.3, -0.25) is 9.59 Å². The fourth-order valence-corrected chi connectivity index (χ4v) is 4.60. The average Bonchev–Trinajstić information content (AvgIpc) is 2.67. The lowest BCUT2D eigenvalue weighted by Gasteiger charge is -2.47. The topological polar surface area (TPSA) is 73.2 Å². The van der Waals surface area contributed by atoms with Gasteiger partial charge in [-0.2, -0.15) is 4.99 Å². The highest BCUT2D eigenvalue weighted by atomic mass is 16.3. The largest absolute Gasteiger partial charge is 0.385 e. The third-order valence-corrected chi connectivity index (χ3v) is 6.34. The van der Waals surface area contributed by atoms with Crippen molar-refractivity contribution < 1.29 is 14.7 Å². The van der Waals surface area contributed by atoms with Gasteiger partial charge in [-0.25, -0.2) is 0 Å². The summed E-state index contributed by atoms with van der Waals surface area (Å²) in [6, 6.07) is 7.86. The van der Waals surface area contributed by atoms with E-state index in [-0.39, 0.29) is 18.2 Å². The molecule has 0 aliphatic carbocycles. The first-order valence-electron chi connectivity index (χ1n) is 10.1. The molecule has 3 heterocycles. The van der Waals surface area contributed by atoms with Crippen LogP contribution in [0.5, 0.6) is 0 Å². The molecule has 4 rings (SSSR count).